The molecule has 1 aromatic heterocycles. The number of ether oxygens (including phenoxy) is 4. The number of hydrogen-bond donors (Lipinski definition) is 0. The molecule has 2 heterocycles. The van der Waals surface area contributed by atoms with E-state index in [-0.39, 0.29) is 23.6 Å². The Kier molecular flexibility index (Phi) is 6.34. The maximum Gasteiger partial charge on any atom is 0.254 e. The fourth-order valence-electron chi connectivity index (χ4n) is 3.25. The molecule has 1 aromatic carbocycles. The van der Waals surface area contributed by atoms with Crippen molar-refractivity contribution in [3.05, 3.63) is 35.8 Å². The lowest BCUT2D eigenvalue weighted by atomic mass is 10.1. The zero-order chi connectivity index (χ0) is 20.8. The van der Waals surface area contributed by atoms with Gasteiger partial charge in [0.05, 0.1) is 27.9 Å². The first-order chi connectivity index (χ1) is 14.1. The van der Waals surface area contributed by atoms with Gasteiger partial charge >= 0.3 is 0 Å². The second-order valence-corrected chi connectivity index (χ2v) is 6.37. The topological polar surface area (TPSA) is 107 Å². The fraction of sp³-hybridized carbons (Fsp3) is 0.400. The summed E-state index contributed by atoms with van der Waals surface area (Å²) in [6, 6.07) is 5.22. The van der Waals surface area contributed by atoms with Gasteiger partial charge in [-0.2, -0.15) is 5.26 Å². The molecule has 1 fully saturated rings. The van der Waals surface area contributed by atoms with Crippen LogP contribution in [0.5, 0.6) is 23.1 Å². The van der Waals surface area contributed by atoms with E-state index in [0.29, 0.717) is 35.9 Å². The molecule has 1 saturated heterocycles. The lowest BCUT2D eigenvalue weighted by Gasteiger charge is -2.32. The summed E-state index contributed by atoms with van der Waals surface area (Å²) in [5, 5.41) is 9.15. The lowest BCUT2D eigenvalue weighted by Crippen LogP contribution is -2.44. The van der Waals surface area contributed by atoms with Crippen molar-refractivity contribution in [3.63, 3.8) is 0 Å². The third kappa shape index (κ3) is 4.32. The van der Waals surface area contributed by atoms with Crippen molar-refractivity contribution in [2.75, 3.05) is 34.4 Å². The Hall–Kier alpha value is -3.54. The van der Waals surface area contributed by atoms with Gasteiger partial charge in [-0.25, -0.2) is 9.97 Å². The van der Waals surface area contributed by atoms with Gasteiger partial charge < -0.3 is 23.8 Å². The number of hydrogen-bond acceptors (Lipinski definition) is 8. The second-order valence-electron chi connectivity index (χ2n) is 6.37. The van der Waals surface area contributed by atoms with Crippen molar-refractivity contribution in [3.8, 4) is 29.2 Å². The number of benzene rings is 1. The number of carbonyl (C=O) groups excluding carboxylic acids is 1. The van der Waals surface area contributed by atoms with Gasteiger partial charge in [-0.3, -0.25) is 4.79 Å². The van der Waals surface area contributed by atoms with E-state index < -0.39 is 0 Å². The molecule has 152 valence electrons. The first kappa shape index (κ1) is 20.2. The van der Waals surface area contributed by atoms with Crippen LogP contribution in [0.25, 0.3) is 0 Å². The molecule has 3 rings (SSSR count). The van der Waals surface area contributed by atoms with Gasteiger partial charge in [0, 0.05) is 24.5 Å². The standard InChI is InChI=1S/C20H22N4O5/c1-26-16-9-13(10-17(27-2)18(16)28-3)20(25)24-8-4-5-14(12-24)29-19-15(11-21)22-6-7-23-19/h6-7,9-10,14H,4-5,8,12H2,1-3H3. The van der Waals surface area contributed by atoms with Crippen LogP contribution in [0.3, 0.4) is 0 Å². The number of amides is 1. The first-order valence-corrected chi connectivity index (χ1v) is 9.08. The third-order valence-electron chi connectivity index (χ3n) is 4.63. The Morgan fingerprint density at radius 2 is 1.83 bits per heavy atom. The quantitative estimate of drug-likeness (QED) is 0.728. The smallest absolute Gasteiger partial charge is 0.254 e. The van der Waals surface area contributed by atoms with Crippen LogP contribution in [-0.2, 0) is 0 Å². The molecule has 0 N–H and O–H groups in total. The minimum atomic E-state index is -0.279. The highest BCUT2D eigenvalue weighted by Crippen LogP contribution is 2.38. The summed E-state index contributed by atoms with van der Waals surface area (Å²) in [6.45, 7) is 0.970. The summed E-state index contributed by atoms with van der Waals surface area (Å²) in [5.74, 6) is 1.27. The summed E-state index contributed by atoms with van der Waals surface area (Å²) in [7, 11) is 4.52. The maximum atomic E-state index is 13.1. The fourth-order valence-corrected chi connectivity index (χ4v) is 3.25. The van der Waals surface area contributed by atoms with E-state index in [1.807, 2.05) is 6.07 Å². The highest BCUT2D eigenvalue weighted by molar-refractivity contribution is 5.95. The van der Waals surface area contributed by atoms with Gasteiger partial charge in [0.15, 0.2) is 11.5 Å². The van der Waals surface area contributed by atoms with E-state index in [1.54, 1.807) is 17.0 Å². The van der Waals surface area contributed by atoms with Crippen LogP contribution in [0, 0.1) is 11.3 Å². The summed E-state index contributed by atoms with van der Waals surface area (Å²) in [6.07, 6.45) is 4.15. The largest absolute Gasteiger partial charge is 0.493 e. The molecule has 0 saturated carbocycles. The normalized spacial score (nSPS) is 15.9. The van der Waals surface area contributed by atoms with Crippen LogP contribution in [-0.4, -0.2) is 61.3 Å². The van der Waals surface area contributed by atoms with Crippen molar-refractivity contribution in [2.45, 2.75) is 18.9 Å². The van der Waals surface area contributed by atoms with Crippen LogP contribution in [0.15, 0.2) is 24.5 Å². The van der Waals surface area contributed by atoms with E-state index in [2.05, 4.69) is 9.97 Å². The monoisotopic (exact) mass is 398 g/mol. The average molecular weight is 398 g/mol. The van der Waals surface area contributed by atoms with Crippen LogP contribution in [0.2, 0.25) is 0 Å². The Balaban J connectivity index is 1.78. The van der Waals surface area contributed by atoms with Crippen LogP contribution < -0.4 is 18.9 Å². The maximum absolute atomic E-state index is 13.1. The molecule has 1 amide bonds. The Bertz CT molecular complexity index is 902. The molecule has 1 aliphatic rings. The molecule has 29 heavy (non-hydrogen) atoms. The molecule has 0 radical (unpaired) electrons. The molecule has 1 aliphatic heterocycles. The van der Waals surface area contributed by atoms with Crippen molar-refractivity contribution in [2.24, 2.45) is 0 Å². The van der Waals surface area contributed by atoms with E-state index in [1.165, 1.54) is 33.7 Å². The van der Waals surface area contributed by atoms with E-state index in [4.69, 9.17) is 24.2 Å². The minimum absolute atomic E-state index is 0.126. The van der Waals surface area contributed by atoms with Crippen molar-refractivity contribution in [1.29, 1.82) is 5.26 Å². The summed E-state index contributed by atoms with van der Waals surface area (Å²) >= 11 is 0. The molecular weight excluding hydrogens is 376 g/mol. The summed E-state index contributed by atoms with van der Waals surface area (Å²) in [5.41, 5.74) is 0.554. The van der Waals surface area contributed by atoms with Gasteiger partial charge in [-0.1, -0.05) is 0 Å². The first-order valence-electron chi connectivity index (χ1n) is 9.08. The minimum Gasteiger partial charge on any atom is -0.493 e. The Labute approximate surface area is 168 Å². The molecule has 0 aliphatic carbocycles. The number of carbonyl (C=O) groups is 1. The van der Waals surface area contributed by atoms with Gasteiger partial charge in [0.2, 0.25) is 11.4 Å². The highest BCUT2D eigenvalue weighted by Gasteiger charge is 2.28. The van der Waals surface area contributed by atoms with Crippen molar-refractivity contribution < 1.29 is 23.7 Å². The molecule has 9 nitrogen and oxygen atoms in total. The molecule has 0 spiro atoms. The number of nitriles is 1. The third-order valence-corrected chi connectivity index (χ3v) is 4.63. The second kappa shape index (κ2) is 9.10. The number of rotatable bonds is 6. The average Bonchev–Trinajstić information content (AvgIpc) is 2.78. The summed E-state index contributed by atoms with van der Waals surface area (Å²) < 4.78 is 21.8. The molecular formula is C20H22N4O5. The molecule has 0 bridgehead atoms. The lowest BCUT2D eigenvalue weighted by molar-refractivity contribution is 0.0525. The molecule has 1 atom stereocenters. The number of nitrogens with zero attached hydrogens (tertiary/aromatic N) is 4. The summed E-state index contributed by atoms with van der Waals surface area (Å²) in [4.78, 5) is 22.8. The van der Waals surface area contributed by atoms with E-state index in [0.717, 1.165) is 12.8 Å². The van der Waals surface area contributed by atoms with E-state index >= 15 is 0 Å². The number of likely N-dealkylation sites (tertiary alicyclic amines) is 1. The van der Waals surface area contributed by atoms with Gasteiger partial charge in [-0.05, 0) is 25.0 Å². The predicted octanol–water partition coefficient (Wildman–Crippen LogP) is 2.06. The van der Waals surface area contributed by atoms with Crippen molar-refractivity contribution in [1.82, 2.24) is 14.9 Å². The molecule has 1 unspecified atom stereocenters. The van der Waals surface area contributed by atoms with Crippen molar-refractivity contribution >= 4 is 5.91 Å². The SMILES string of the molecule is COc1cc(C(=O)N2CCCC(Oc3nccnc3C#N)C2)cc(OC)c1OC. The van der Waals surface area contributed by atoms with Crippen LogP contribution >= 0.6 is 0 Å². The van der Waals surface area contributed by atoms with Crippen LogP contribution in [0.1, 0.15) is 28.9 Å². The number of aromatic nitrogens is 2. The zero-order valence-electron chi connectivity index (χ0n) is 16.5. The number of methoxy groups -OCH3 is 3. The molecule has 9 heteroatoms. The number of piperidine rings is 1. The Morgan fingerprint density at radius 3 is 2.45 bits per heavy atom. The highest BCUT2D eigenvalue weighted by atomic mass is 16.5. The molecule has 2 aromatic rings. The predicted molar refractivity (Wildman–Crippen MR) is 102 cm³/mol. The van der Waals surface area contributed by atoms with Gasteiger partial charge in [-0.15, -0.1) is 0 Å². The van der Waals surface area contributed by atoms with Gasteiger partial charge in [0.25, 0.3) is 11.8 Å². The zero-order valence-corrected chi connectivity index (χ0v) is 16.5. The Morgan fingerprint density at radius 1 is 1.14 bits per heavy atom. The van der Waals surface area contributed by atoms with Crippen LogP contribution in [0.4, 0.5) is 0 Å². The van der Waals surface area contributed by atoms with Gasteiger partial charge in [0.1, 0.15) is 12.2 Å². The van der Waals surface area contributed by atoms with E-state index in [9.17, 15) is 4.79 Å².